The fourth-order valence-electron chi connectivity index (χ4n) is 4.05. The van der Waals surface area contributed by atoms with Crippen molar-refractivity contribution in [3.05, 3.63) is 89.7 Å². The molecule has 0 radical (unpaired) electrons. The van der Waals surface area contributed by atoms with Crippen LogP contribution in [0.5, 0.6) is 5.75 Å². The predicted molar refractivity (Wildman–Crippen MR) is 153 cm³/mol. The Morgan fingerprint density at radius 1 is 0.975 bits per heavy atom. The molecule has 3 aromatic rings. The van der Waals surface area contributed by atoms with Crippen LogP contribution in [0.25, 0.3) is 0 Å². The Bertz CT molecular complexity index is 1410. The lowest BCUT2D eigenvalue weighted by molar-refractivity contribution is -0.139. The number of hydrogen-bond donors (Lipinski definition) is 1. The molecule has 40 heavy (non-hydrogen) atoms. The van der Waals surface area contributed by atoms with Crippen molar-refractivity contribution in [1.82, 2.24) is 10.2 Å². The van der Waals surface area contributed by atoms with Gasteiger partial charge in [-0.2, -0.15) is 0 Å². The Morgan fingerprint density at radius 3 is 2.23 bits per heavy atom. The molecule has 0 saturated carbocycles. The second kappa shape index (κ2) is 13.4. The van der Waals surface area contributed by atoms with Crippen molar-refractivity contribution in [3.8, 4) is 5.75 Å². The fraction of sp³-hybridized carbons (Fsp3) is 0.333. The number of hydrogen-bond acceptors (Lipinski definition) is 5. The maximum absolute atomic E-state index is 14.0. The first kappa shape index (κ1) is 30.6. The zero-order valence-corrected chi connectivity index (χ0v) is 24.2. The average Bonchev–Trinajstić information content (AvgIpc) is 2.94. The second-order valence-electron chi connectivity index (χ2n) is 9.96. The molecule has 8 nitrogen and oxygen atoms in total. The maximum Gasteiger partial charge on any atom is 0.264 e. The molecule has 1 atom stereocenters. The summed E-state index contributed by atoms with van der Waals surface area (Å²) in [6.07, 6.45) is 0. The number of aryl methyl sites for hydroxylation is 1. The van der Waals surface area contributed by atoms with Gasteiger partial charge in [0.2, 0.25) is 11.8 Å². The molecular weight excluding hydrogens is 533 g/mol. The summed E-state index contributed by atoms with van der Waals surface area (Å²) in [7, 11) is -2.80. The van der Waals surface area contributed by atoms with E-state index in [9.17, 15) is 22.4 Å². The molecule has 0 heterocycles. The Kier molecular flexibility index (Phi) is 10.3. The lowest BCUT2D eigenvalue weighted by Crippen LogP contribution is -2.51. The molecule has 0 saturated heterocycles. The van der Waals surface area contributed by atoms with E-state index < -0.39 is 34.3 Å². The summed E-state index contributed by atoms with van der Waals surface area (Å²) in [5, 5.41) is 2.83. The van der Waals surface area contributed by atoms with Gasteiger partial charge in [0.15, 0.2) is 0 Å². The number of anilines is 1. The number of amides is 2. The number of nitrogens with one attached hydrogen (secondary N) is 1. The normalized spacial score (nSPS) is 12.1. The average molecular weight is 570 g/mol. The molecule has 0 spiro atoms. The first-order chi connectivity index (χ1) is 18.9. The van der Waals surface area contributed by atoms with Crippen LogP contribution in [-0.2, 0) is 26.2 Å². The number of nitrogens with zero attached hydrogens (tertiary/aromatic N) is 2. The minimum absolute atomic E-state index is 0.000770. The van der Waals surface area contributed by atoms with Crippen LogP contribution in [0.15, 0.2) is 77.7 Å². The Labute approximate surface area is 235 Å². The van der Waals surface area contributed by atoms with Gasteiger partial charge < -0.3 is 15.0 Å². The molecule has 3 aromatic carbocycles. The van der Waals surface area contributed by atoms with Crippen molar-refractivity contribution >= 4 is 27.5 Å². The van der Waals surface area contributed by atoms with E-state index in [1.54, 1.807) is 50.2 Å². The summed E-state index contributed by atoms with van der Waals surface area (Å²) < 4.78 is 47.9. The van der Waals surface area contributed by atoms with Gasteiger partial charge in [0, 0.05) is 13.1 Å². The number of rotatable bonds is 12. The quantitative estimate of drug-likeness (QED) is 0.346. The van der Waals surface area contributed by atoms with Crippen molar-refractivity contribution in [2.24, 2.45) is 5.92 Å². The molecule has 0 aliphatic carbocycles. The van der Waals surface area contributed by atoms with Crippen LogP contribution in [0.3, 0.4) is 0 Å². The molecule has 0 aliphatic heterocycles. The number of sulfonamides is 1. The van der Waals surface area contributed by atoms with Crippen molar-refractivity contribution in [3.63, 3.8) is 0 Å². The van der Waals surface area contributed by atoms with Crippen LogP contribution in [-0.4, -0.2) is 51.4 Å². The maximum atomic E-state index is 14.0. The number of benzene rings is 3. The van der Waals surface area contributed by atoms with Gasteiger partial charge in [-0.05, 0) is 67.3 Å². The van der Waals surface area contributed by atoms with Crippen LogP contribution >= 0.6 is 0 Å². The molecule has 10 heteroatoms. The Hall–Kier alpha value is -3.92. The largest absolute Gasteiger partial charge is 0.495 e. The molecule has 0 aromatic heterocycles. The van der Waals surface area contributed by atoms with E-state index >= 15 is 0 Å². The third-order valence-electron chi connectivity index (χ3n) is 6.33. The van der Waals surface area contributed by atoms with Gasteiger partial charge >= 0.3 is 0 Å². The fourth-order valence-corrected chi connectivity index (χ4v) is 5.49. The Balaban J connectivity index is 2.06. The molecule has 0 fully saturated rings. The molecule has 0 bridgehead atoms. The monoisotopic (exact) mass is 569 g/mol. The summed E-state index contributed by atoms with van der Waals surface area (Å²) in [4.78, 5) is 28.3. The number of ether oxygens (including phenoxy) is 1. The smallest absolute Gasteiger partial charge is 0.264 e. The second-order valence-corrected chi connectivity index (χ2v) is 11.8. The summed E-state index contributed by atoms with van der Waals surface area (Å²) in [6, 6.07) is 17.5. The van der Waals surface area contributed by atoms with Gasteiger partial charge in [-0.3, -0.25) is 13.9 Å². The highest BCUT2D eigenvalue weighted by Gasteiger charge is 2.33. The van der Waals surface area contributed by atoms with Gasteiger partial charge in [0.1, 0.15) is 24.2 Å². The number of halogens is 1. The van der Waals surface area contributed by atoms with E-state index in [1.807, 2.05) is 13.8 Å². The molecule has 214 valence electrons. The molecule has 2 amide bonds. The van der Waals surface area contributed by atoms with E-state index in [1.165, 1.54) is 48.4 Å². The summed E-state index contributed by atoms with van der Waals surface area (Å²) in [6.45, 7) is 7.08. The van der Waals surface area contributed by atoms with Crippen LogP contribution < -0.4 is 14.4 Å². The van der Waals surface area contributed by atoms with Crippen LogP contribution in [0.2, 0.25) is 0 Å². The summed E-state index contributed by atoms with van der Waals surface area (Å²) >= 11 is 0. The highest BCUT2D eigenvalue weighted by Crippen LogP contribution is 2.33. The minimum Gasteiger partial charge on any atom is -0.495 e. The van der Waals surface area contributed by atoms with Gasteiger partial charge in [-0.25, -0.2) is 12.8 Å². The van der Waals surface area contributed by atoms with Crippen molar-refractivity contribution in [1.29, 1.82) is 0 Å². The van der Waals surface area contributed by atoms with Crippen molar-refractivity contribution in [2.75, 3.05) is 24.5 Å². The van der Waals surface area contributed by atoms with E-state index in [0.717, 1.165) is 9.87 Å². The van der Waals surface area contributed by atoms with Gasteiger partial charge in [0.25, 0.3) is 10.0 Å². The zero-order chi connectivity index (χ0) is 29.4. The SMILES string of the molecule is COc1ccc(C)cc1N(CC(=O)N(Cc1ccc(F)cc1)[C@@H](C)C(=O)NCC(C)C)S(=O)(=O)c1ccccc1. The van der Waals surface area contributed by atoms with E-state index in [-0.39, 0.29) is 34.7 Å². The van der Waals surface area contributed by atoms with Crippen molar-refractivity contribution < 1.29 is 27.1 Å². The third-order valence-corrected chi connectivity index (χ3v) is 8.11. The predicted octanol–water partition coefficient (Wildman–Crippen LogP) is 4.53. The number of carbonyl (C=O) groups excluding carboxylic acids is 2. The molecular formula is C30H36FN3O5S. The minimum atomic E-state index is -4.22. The lowest BCUT2D eigenvalue weighted by Gasteiger charge is -2.32. The van der Waals surface area contributed by atoms with Gasteiger partial charge in [0.05, 0.1) is 17.7 Å². The van der Waals surface area contributed by atoms with Crippen LogP contribution in [0, 0.1) is 18.7 Å². The highest BCUT2D eigenvalue weighted by atomic mass is 32.2. The summed E-state index contributed by atoms with van der Waals surface area (Å²) in [5.74, 6) is -0.964. The first-order valence-corrected chi connectivity index (χ1v) is 14.4. The van der Waals surface area contributed by atoms with Crippen molar-refractivity contribution in [2.45, 2.75) is 45.2 Å². The van der Waals surface area contributed by atoms with Crippen LogP contribution in [0.4, 0.5) is 10.1 Å². The third kappa shape index (κ3) is 7.59. The van der Waals surface area contributed by atoms with E-state index in [4.69, 9.17) is 4.74 Å². The van der Waals surface area contributed by atoms with Gasteiger partial charge in [-0.1, -0.05) is 50.2 Å². The number of carbonyl (C=O) groups is 2. The standard InChI is InChI=1S/C30H36FN3O5S/c1-21(2)18-32-30(36)23(4)33(19-24-12-14-25(31)15-13-24)29(35)20-34(27-17-22(3)11-16-28(27)39-5)40(37,38)26-9-7-6-8-10-26/h6-17,21,23H,18-20H2,1-5H3,(H,32,36)/t23-/m0/s1. The summed E-state index contributed by atoms with van der Waals surface area (Å²) in [5.41, 5.74) is 1.54. The number of methoxy groups -OCH3 is 1. The molecule has 0 aliphatic rings. The van der Waals surface area contributed by atoms with E-state index in [0.29, 0.717) is 12.1 Å². The Morgan fingerprint density at radius 2 is 1.62 bits per heavy atom. The first-order valence-electron chi connectivity index (χ1n) is 13.0. The zero-order valence-electron chi connectivity index (χ0n) is 23.4. The van der Waals surface area contributed by atoms with E-state index in [2.05, 4.69) is 5.32 Å². The highest BCUT2D eigenvalue weighted by molar-refractivity contribution is 7.92. The van der Waals surface area contributed by atoms with Gasteiger partial charge in [-0.15, -0.1) is 0 Å². The van der Waals surface area contributed by atoms with Crippen LogP contribution in [0.1, 0.15) is 31.9 Å². The molecule has 0 unspecified atom stereocenters. The molecule has 1 N–H and O–H groups in total. The topological polar surface area (TPSA) is 96.0 Å². The lowest BCUT2D eigenvalue weighted by atomic mass is 10.1. The molecule has 3 rings (SSSR count).